The summed E-state index contributed by atoms with van der Waals surface area (Å²) in [7, 11) is 0. The van der Waals surface area contributed by atoms with E-state index >= 15 is 0 Å². The molecule has 1 aromatic rings. The van der Waals surface area contributed by atoms with E-state index in [1.807, 2.05) is 18.2 Å². The van der Waals surface area contributed by atoms with Gasteiger partial charge in [-0.05, 0) is 29.9 Å². The summed E-state index contributed by atoms with van der Waals surface area (Å²) in [4.78, 5) is 12.1. The first kappa shape index (κ1) is 10.4. The second kappa shape index (κ2) is 3.48. The van der Waals surface area contributed by atoms with Crippen LogP contribution in [0, 0.1) is 11.3 Å². The predicted octanol–water partition coefficient (Wildman–Crippen LogP) is 3.48. The third-order valence-corrected chi connectivity index (χ3v) is 3.45. The second-order valence-electron chi connectivity index (χ2n) is 5.16. The molecule has 0 N–H and O–H groups in total. The molecule has 0 aliphatic heterocycles. The summed E-state index contributed by atoms with van der Waals surface area (Å²) < 4.78 is 0. The van der Waals surface area contributed by atoms with E-state index in [-0.39, 0.29) is 11.3 Å². The summed E-state index contributed by atoms with van der Waals surface area (Å²) in [6.07, 6.45) is 2.04. The molecule has 1 heteroatoms. The lowest BCUT2D eigenvalue weighted by molar-refractivity contribution is 0.0953. The zero-order chi connectivity index (χ0) is 11.1. The van der Waals surface area contributed by atoms with Crippen LogP contribution in [0.25, 0.3) is 0 Å². The number of benzene rings is 1. The smallest absolute Gasteiger partial charge is 0.166 e. The molecule has 0 heterocycles. The van der Waals surface area contributed by atoms with E-state index in [0.29, 0.717) is 5.78 Å². The van der Waals surface area contributed by atoms with Gasteiger partial charge in [0.25, 0.3) is 0 Å². The molecule has 0 radical (unpaired) electrons. The third-order valence-electron chi connectivity index (χ3n) is 3.45. The molecule has 15 heavy (non-hydrogen) atoms. The van der Waals surface area contributed by atoms with Crippen LogP contribution in [0.1, 0.15) is 43.1 Å². The maximum Gasteiger partial charge on any atom is 0.166 e. The Labute approximate surface area is 91.5 Å². The van der Waals surface area contributed by atoms with Crippen LogP contribution in [0.15, 0.2) is 24.3 Å². The summed E-state index contributed by atoms with van der Waals surface area (Å²) >= 11 is 0. The highest BCUT2D eigenvalue weighted by Crippen LogP contribution is 2.53. The Balaban J connectivity index is 2.19. The van der Waals surface area contributed by atoms with E-state index in [0.717, 1.165) is 18.4 Å². The Morgan fingerprint density at radius 2 is 2.13 bits per heavy atom. The topological polar surface area (TPSA) is 17.1 Å². The zero-order valence-electron chi connectivity index (χ0n) is 9.71. The van der Waals surface area contributed by atoms with Crippen LogP contribution >= 0.6 is 0 Å². The Morgan fingerprint density at radius 3 is 2.67 bits per heavy atom. The van der Waals surface area contributed by atoms with Gasteiger partial charge in [0, 0.05) is 11.5 Å². The van der Waals surface area contributed by atoms with Crippen molar-refractivity contribution in [3.8, 4) is 0 Å². The summed E-state index contributed by atoms with van der Waals surface area (Å²) in [5.41, 5.74) is 2.38. The Kier molecular flexibility index (Phi) is 2.41. The number of Topliss-reactive ketones (excluding diaryl/α,β-unsaturated/α-hetero) is 1. The van der Waals surface area contributed by atoms with Crippen molar-refractivity contribution in [1.29, 1.82) is 0 Å². The van der Waals surface area contributed by atoms with Crippen molar-refractivity contribution in [3.63, 3.8) is 0 Å². The molecular formula is C14H18O. The molecule has 2 rings (SSSR count). The van der Waals surface area contributed by atoms with Gasteiger partial charge < -0.3 is 0 Å². The first-order chi connectivity index (χ1) is 7.04. The Hall–Kier alpha value is -1.11. The van der Waals surface area contributed by atoms with E-state index in [9.17, 15) is 4.79 Å². The van der Waals surface area contributed by atoms with Crippen molar-refractivity contribution >= 4 is 5.78 Å². The number of aryl methyl sites for hydroxylation is 1. The molecule has 1 unspecified atom stereocenters. The predicted molar refractivity (Wildman–Crippen MR) is 62.0 cm³/mol. The van der Waals surface area contributed by atoms with Gasteiger partial charge in [-0.15, -0.1) is 0 Å². The average Bonchev–Trinajstić information content (AvgIpc) is 2.87. The van der Waals surface area contributed by atoms with Gasteiger partial charge in [-0.1, -0.05) is 39.0 Å². The van der Waals surface area contributed by atoms with Crippen LogP contribution in [-0.2, 0) is 6.42 Å². The van der Waals surface area contributed by atoms with Gasteiger partial charge in [0.15, 0.2) is 5.78 Å². The highest BCUT2D eigenvalue weighted by Gasteiger charge is 2.50. The van der Waals surface area contributed by atoms with Gasteiger partial charge in [-0.3, -0.25) is 4.79 Å². The normalized spacial score (nSPS) is 22.5. The minimum absolute atomic E-state index is 0.235. The summed E-state index contributed by atoms with van der Waals surface area (Å²) in [5.74, 6) is 0.583. The molecule has 0 saturated heterocycles. The molecule has 0 aromatic heterocycles. The van der Waals surface area contributed by atoms with Crippen LogP contribution < -0.4 is 0 Å². The number of ketones is 1. The largest absolute Gasteiger partial charge is 0.294 e. The van der Waals surface area contributed by atoms with Crippen molar-refractivity contribution in [3.05, 3.63) is 35.4 Å². The van der Waals surface area contributed by atoms with Crippen molar-refractivity contribution in [2.24, 2.45) is 11.3 Å². The number of carbonyl (C=O) groups is 1. The standard InChI is InChI=1S/C14H18O/c1-4-10-6-5-7-11(8-10)13(15)12-9-14(12,2)3/h5-8,12H,4,9H2,1-3H3. The van der Waals surface area contributed by atoms with Crippen LogP contribution in [0.5, 0.6) is 0 Å². The van der Waals surface area contributed by atoms with Gasteiger partial charge in [0.05, 0.1) is 0 Å². The van der Waals surface area contributed by atoms with Crippen molar-refractivity contribution in [1.82, 2.24) is 0 Å². The van der Waals surface area contributed by atoms with E-state index in [2.05, 4.69) is 26.8 Å². The maximum atomic E-state index is 12.1. The number of hydrogen-bond donors (Lipinski definition) is 0. The van der Waals surface area contributed by atoms with Crippen LogP contribution in [0.3, 0.4) is 0 Å². The highest BCUT2D eigenvalue weighted by atomic mass is 16.1. The molecule has 80 valence electrons. The van der Waals surface area contributed by atoms with E-state index in [1.165, 1.54) is 5.56 Å². The van der Waals surface area contributed by atoms with Crippen molar-refractivity contribution < 1.29 is 4.79 Å². The highest BCUT2D eigenvalue weighted by molar-refractivity contribution is 6.00. The number of rotatable bonds is 3. The molecule has 1 atom stereocenters. The second-order valence-corrected chi connectivity index (χ2v) is 5.16. The molecule has 1 nitrogen and oxygen atoms in total. The lowest BCUT2D eigenvalue weighted by Gasteiger charge is -2.04. The van der Waals surface area contributed by atoms with Gasteiger partial charge in [-0.25, -0.2) is 0 Å². The average molecular weight is 202 g/mol. The Bertz CT molecular complexity index is 390. The molecule has 0 bridgehead atoms. The molecule has 1 aromatic carbocycles. The third kappa shape index (κ3) is 1.97. The molecule has 1 fully saturated rings. The monoisotopic (exact) mass is 202 g/mol. The van der Waals surface area contributed by atoms with Gasteiger partial charge in [0.1, 0.15) is 0 Å². The number of carbonyl (C=O) groups excluding carboxylic acids is 1. The minimum atomic E-state index is 0.235. The summed E-state index contributed by atoms with van der Waals surface area (Å²) in [5, 5.41) is 0. The van der Waals surface area contributed by atoms with Crippen LogP contribution in [-0.4, -0.2) is 5.78 Å². The molecule has 0 spiro atoms. The molecule has 1 aliphatic carbocycles. The molecule has 1 saturated carbocycles. The number of hydrogen-bond acceptors (Lipinski definition) is 1. The van der Waals surface area contributed by atoms with Crippen molar-refractivity contribution in [2.45, 2.75) is 33.6 Å². The van der Waals surface area contributed by atoms with Gasteiger partial charge in [0.2, 0.25) is 0 Å². The summed E-state index contributed by atoms with van der Waals surface area (Å²) in [6, 6.07) is 8.04. The zero-order valence-corrected chi connectivity index (χ0v) is 9.71. The molecular weight excluding hydrogens is 184 g/mol. The van der Waals surface area contributed by atoms with E-state index < -0.39 is 0 Å². The lowest BCUT2D eigenvalue weighted by atomic mass is 9.99. The SMILES string of the molecule is CCc1cccc(C(=O)C2CC2(C)C)c1. The fraction of sp³-hybridized carbons (Fsp3) is 0.500. The lowest BCUT2D eigenvalue weighted by Crippen LogP contribution is -2.06. The fourth-order valence-electron chi connectivity index (χ4n) is 2.06. The van der Waals surface area contributed by atoms with Gasteiger partial charge >= 0.3 is 0 Å². The van der Waals surface area contributed by atoms with E-state index in [1.54, 1.807) is 0 Å². The molecule has 0 amide bonds. The Morgan fingerprint density at radius 1 is 1.47 bits per heavy atom. The molecule has 1 aliphatic rings. The minimum Gasteiger partial charge on any atom is -0.294 e. The summed E-state index contributed by atoms with van der Waals surface area (Å²) in [6.45, 7) is 6.45. The van der Waals surface area contributed by atoms with E-state index in [4.69, 9.17) is 0 Å². The van der Waals surface area contributed by atoms with Crippen LogP contribution in [0.2, 0.25) is 0 Å². The quantitative estimate of drug-likeness (QED) is 0.686. The fourth-order valence-corrected chi connectivity index (χ4v) is 2.06. The van der Waals surface area contributed by atoms with Crippen molar-refractivity contribution in [2.75, 3.05) is 0 Å². The van der Waals surface area contributed by atoms with Gasteiger partial charge in [-0.2, -0.15) is 0 Å². The maximum absolute atomic E-state index is 12.1. The van der Waals surface area contributed by atoms with Crippen LogP contribution in [0.4, 0.5) is 0 Å². The first-order valence-corrected chi connectivity index (χ1v) is 5.68. The first-order valence-electron chi connectivity index (χ1n) is 5.68.